The van der Waals surface area contributed by atoms with Gasteiger partial charge in [0.1, 0.15) is 0 Å². The molecule has 0 aromatic heterocycles. The molecule has 0 heterocycles. The number of para-hydroxylation sites is 1. The molecule has 0 fully saturated rings. The van der Waals surface area contributed by atoms with Crippen molar-refractivity contribution in [1.29, 1.82) is 0 Å². The average Bonchev–Trinajstić information content (AvgIpc) is 2.30. The van der Waals surface area contributed by atoms with Crippen LogP contribution < -0.4 is 10.8 Å². The normalized spacial score (nSPS) is 9.38. The minimum Gasteiger partial charge on any atom is -0.328 e. The highest BCUT2D eigenvalue weighted by Gasteiger charge is 2.11. The Labute approximate surface area is 112 Å². The van der Waals surface area contributed by atoms with E-state index in [0.29, 0.717) is 17.5 Å². The lowest BCUT2D eigenvalue weighted by Gasteiger charge is -2.22. The summed E-state index contributed by atoms with van der Waals surface area (Å²) in [6.07, 6.45) is 1.92. The van der Waals surface area contributed by atoms with Gasteiger partial charge in [0.25, 0.3) is 0 Å². The van der Waals surface area contributed by atoms with Crippen LogP contribution in [0.2, 0.25) is 0 Å². The molecule has 6 heteroatoms. The summed E-state index contributed by atoms with van der Waals surface area (Å²) in [5, 5.41) is 1.63. The quantitative estimate of drug-likeness (QED) is 0.677. The molecule has 0 unspecified atom stereocenters. The Morgan fingerprint density at radius 3 is 2.56 bits per heavy atom. The van der Waals surface area contributed by atoms with Crippen molar-refractivity contribution in [3.8, 4) is 0 Å². The highest BCUT2D eigenvalue weighted by Crippen LogP contribution is 2.18. The minimum atomic E-state index is 0. The summed E-state index contributed by atoms with van der Waals surface area (Å²) >= 11 is 6.66. The van der Waals surface area contributed by atoms with Gasteiger partial charge >= 0.3 is 0 Å². The van der Waals surface area contributed by atoms with E-state index in [2.05, 4.69) is 0 Å². The van der Waals surface area contributed by atoms with E-state index in [0.717, 1.165) is 5.69 Å². The molecule has 0 saturated heterocycles. The lowest BCUT2D eigenvalue weighted by molar-refractivity contribution is 0.154. The van der Waals surface area contributed by atoms with Gasteiger partial charge in [0.15, 0.2) is 4.32 Å². The zero-order chi connectivity index (χ0) is 11.1. The fourth-order valence-corrected chi connectivity index (χ4v) is 1.50. The minimum absolute atomic E-state index is 0. The van der Waals surface area contributed by atoms with E-state index < -0.39 is 0 Å². The van der Waals surface area contributed by atoms with Gasteiger partial charge in [-0.25, -0.2) is 5.06 Å². The zero-order valence-corrected chi connectivity index (χ0v) is 11.4. The number of anilines is 1. The third-order valence-electron chi connectivity index (χ3n) is 1.67. The lowest BCUT2D eigenvalue weighted by Crippen LogP contribution is -2.29. The van der Waals surface area contributed by atoms with Crippen LogP contribution in [-0.2, 0) is 4.84 Å². The lowest BCUT2D eigenvalue weighted by atomic mass is 10.3. The van der Waals surface area contributed by atoms with Crippen molar-refractivity contribution in [2.45, 2.75) is 0 Å². The predicted molar refractivity (Wildman–Crippen MR) is 77.3 cm³/mol. The van der Waals surface area contributed by atoms with Crippen molar-refractivity contribution in [1.82, 2.24) is 0 Å². The highest BCUT2D eigenvalue weighted by molar-refractivity contribution is 8.22. The smallest absolute Gasteiger partial charge is 0.165 e. The number of thiocarbonyl (C=S) groups is 1. The van der Waals surface area contributed by atoms with E-state index in [4.69, 9.17) is 22.8 Å². The molecule has 0 aliphatic carbocycles. The van der Waals surface area contributed by atoms with Gasteiger partial charge in [-0.1, -0.05) is 30.0 Å². The first-order valence-corrected chi connectivity index (χ1v) is 6.19. The molecular weight excluding hydrogens is 264 g/mol. The van der Waals surface area contributed by atoms with Crippen LogP contribution in [0.15, 0.2) is 30.3 Å². The summed E-state index contributed by atoms with van der Waals surface area (Å²) in [7, 11) is 0. The van der Waals surface area contributed by atoms with E-state index >= 15 is 0 Å². The summed E-state index contributed by atoms with van der Waals surface area (Å²) in [4.78, 5) is 5.48. The summed E-state index contributed by atoms with van der Waals surface area (Å²) in [5.41, 5.74) is 6.32. The molecule has 1 rings (SSSR count). The first kappa shape index (κ1) is 15.7. The van der Waals surface area contributed by atoms with Crippen molar-refractivity contribution in [3.63, 3.8) is 0 Å². The fourth-order valence-electron chi connectivity index (χ4n) is 1.02. The molecule has 0 aliphatic rings. The van der Waals surface area contributed by atoms with Crippen LogP contribution in [0.4, 0.5) is 5.69 Å². The average molecular weight is 279 g/mol. The van der Waals surface area contributed by atoms with Gasteiger partial charge in [0.2, 0.25) is 0 Å². The Morgan fingerprint density at radius 1 is 1.44 bits per heavy atom. The monoisotopic (exact) mass is 278 g/mol. The second kappa shape index (κ2) is 8.78. The van der Waals surface area contributed by atoms with Crippen LogP contribution in [0.5, 0.6) is 0 Å². The molecule has 90 valence electrons. The molecule has 0 saturated carbocycles. The molecule has 16 heavy (non-hydrogen) atoms. The van der Waals surface area contributed by atoms with Gasteiger partial charge in [-0.2, -0.15) is 0 Å². The van der Waals surface area contributed by atoms with Crippen LogP contribution >= 0.6 is 36.4 Å². The van der Waals surface area contributed by atoms with E-state index in [1.807, 2.05) is 36.6 Å². The van der Waals surface area contributed by atoms with Gasteiger partial charge < -0.3 is 5.73 Å². The molecule has 0 spiro atoms. The largest absolute Gasteiger partial charge is 0.328 e. The second-order valence-electron chi connectivity index (χ2n) is 2.72. The highest BCUT2D eigenvalue weighted by atomic mass is 35.5. The maximum absolute atomic E-state index is 5.48. The summed E-state index contributed by atoms with van der Waals surface area (Å²) in [6.45, 7) is 0.927. The van der Waals surface area contributed by atoms with E-state index in [1.165, 1.54) is 11.8 Å². The fraction of sp³-hybridized carbons (Fsp3) is 0.300. The number of nitrogens with two attached hydrogens (primary N) is 1. The topological polar surface area (TPSA) is 38.5 Å². The Hall–Kier alpha value is -0.330. The SMILES string of the molecule is CSC(=S)N(OCCN)c1ccccc1.Cl. The van der Waals surface area contributed by atoms with Crippen molar-refractivity contribution in [3.05, 3.63) is 30.3 Å². The number of hydroxylamine groups is 1. The Morgan fingerprint density at radius 2 is 2.06 bits per heavy atom. The van der Waals surface area contributed by atoms with Crippen LogP contribution in [0.25, 0.3) is 0 Å². The first-order chi connectivity index (χ1) is 7.29. The molecular formula is C10H15ClN2OS2. The number of thioether (sulfide) groups is 1. The predicted octanol–water partition coefficient (Wildman–Crippen LogP) is 2.45. The number of halogens is 1. The second-order valence-corrected chi connectivity index (χ2v) is 4.16. The van der Waals surface area contributed by atoms with Gasteiger partial charge in [0, 0.05) is 6.54 Å². The molecule has 0 radical (unpaired) electrons. The first-order valence-electron chi connectivity index (χ1n) is 4.55. The maximum atomic E-state index is 5.48. The summed E-state index contributed by atoms with van der Waals surface area (Å²) < 4.78 is 0.676. The van der Waals surface area contributed by atoms with Crippen molar-refractivity contribution in [2.75, 3.05) is 24.5 Å². The van der Waals surface area contributed by atoms with Crippen molar-refractivity contribution >= 4 is 46.4 Å². The van der Waals surface area contributed by atoms with E-state index in [-0.39, 0.29) is 12.4 Å². The van der Waals surface area contributed by atoms with Crippen LogP contribution in [0, 0.1) is 0 Å². The summed E-state index contributed by atoms with van der Waals surface area (Å²) in [6, 6.07) is 9.72. The number of rotatable bonds is 4. The van der Waals surface area contributed by atoms with Crippen LogP contribution in [-0.4, -0.2) is 23.7 Å². The molecule has 1 aromatic rings. The number of nitrogens with zero attached hydrogens (tertiary/aromatic N) is 1. The molecule has 0 atom stereocenters. The molecule has 1 aromatic carbocycles. The van der Waals surface area contributed by atoms with Crippen LogP contribution in [0.3, 0.4) is 0 Å². The van der Waals surface area contributed by atoms with E-state index in [1.54, 1.807) is 5.06 Å². The third-order valence-corrected chi connectivity index (χ3v) is 2.85. The maximum Gasteiger partial charge on any atom is 0.165 e. The summed E-state index contributed by atoms with van der Waals surface area (Å²) in [5.74, 6) is 0. The Kier molecular flexibility index (Phi) is 8.60. The molecule has 3 nitrogen and oxygen atoms in total. The van der Waals surface area contributed by atoms with Crippen molar-refractivity contribution in [2.24, 2.45) is 5.73 Å². The molecule has 2 N–H and O–H groups in total. The number of hydrogen-bond donors (Lipinski definition) is 1. The molecule has 0 amide bonds. The zero-order valence-electron chi connectivity index (χ0n) is 8.96. The van der Waals surface area contributed by atoms with Gasteiger partial charge in [-0.3, -0.25) is 4.84 Å². The van der Waals surface area contributed by atoms with Crippen LogP contribution in [0.1, 0.15) is 0 Å². The van der Waals surface area contributed by atoms with Gasteiger partial charge in [0.05, 0.1) is 12.3 Å². The number of hydrogen-bond acceptors (Lipinski definition) is 4. The van der Waals surface area contributed by atoms with E-state index in [9.17, 15) is 0 Å². The van der Waals surface area contributed by atoms with Gasteiger partial charge in [-0.15, -0.1) is 12.4 Å². The third kappa shape index (κ3) is 4.67. The number of benzene rings is 1. The molecule has 0 aliphatic heterocycles. The Balaban J connectivity index is 0.00000225. The Bertz CT molecular complexity index is 311. The molecule has 0 bridgehead atoms. The van der Waals surface area contributed by atoms with Crippen molar-refractivity contribution < 1.29 is 4.84 Å². The van der Waals surface area contributed by atoms with Gasteiger partial charge in [-0.05, 0) is 30.6 Å². The standard InChI is InChI=1S/C10H14N2OS2.ClH/c1-15-10(14)12(13-8-7-11)9-5-3-2-4-6-9;/h2-6H,7-8,11H2,1H3;1H.